The number of amides is 1. The molecule has 1 aliphatic heterocycles. The van der Waals surface area contributed by atoms with Gasteiger partial charge in [0.25, 0.3) is 0 Å². The third kappa shape index (κ3) is 3.66. The second-order valence-electron chi connectivity index (χ2n) is 6.89. The van der Waals surface area contributed by atoms with Gasteiger partial charge in [0.2, 0.25) is 5.91 Å². The van der Waals surface area contributed by atoms with Crippen molar-refractivity contribution in [2.24, 2.45) is 0 Å². The summed E-state index contributed by atoms with van der Waals surface area (Å²) >= 11 is 4.90. The highest BCUT2D eigenvalue weighted by Gasteiger charge is 2.33. The first-order valence-electron chi connectivity index (χ1n) is 9.28. The molecule has 0 fully saturated rings. The van der Waals surface area contributed by atoms with Crippen LogP contribution in [0.15, 0.2) is 58.6 Å². The zero-order valence-corrected chi connectivity index (χ0v) is 17.8. The highest BCUT2D eigenvalue weighted by molar-refractivity contribution is 7.13. The fraction of sp³-hybridized carbons (Fsp3) is 0.182. The van der Waals surface area contributed by atoms with Gasteiger partial charge in [0.05, 0.1) is 18.2 Å². The van der Waals surface area contributed by atoms with E-state index in [1.54, 1.807) is 28.7 Å². The lowest BCUT2D eigenvalue weighted by atomic mass is 9.98. The number of hydrogen-bond donors (Lipinski definition) is 0. The Morgan fingerprint density at radius 1 is 1.14 bits per heavy atom. The van der Waals surface area contributed by atoms with Crippen LogP contribution in [-0.2, 0) is 17.6 Å². The van der Waals surface area contributed by atoms with Gasteiger partial charge in [-0.05, 0) is 47.0 Å². The summed E-state index contributed by atoms with van der Waals surface area (Å²) in [6, 6.07) is 12.7. The molecule has 4 heterocycles. The lowest BCUT2D eigenvalue weighted by molar-refractivity contribution is -0.132. The van der Waals surface area contributed by atoms with Crippen molar-refractivity contribution in [3.63, 3.8) is 0 Å². The quantitative estimate of drug-likeness (QED) is 0.402. The largest absolute Gasteiger partial charge is 0.330 e. The number of nitrogens with zero attached hydrogens (tertiary/aromatic N) is 2. The van der Waals surface area contributed by atoms with Crippen LogP contribution >= 0.6 is 34.0 Å². The fourth-order valence-corrected chi connectivity index (χ4v) is 6.31. The van der Waals surface area contributed by atoms with Crippen molar-refractivity contribution in [1.29, 1.82) is 0 Å². The molecule has 0 N–H and O–H groups in total. The predicted octanol–water partition coefficient (Wildman–Crippen LogP) is 5.79. The van der Waals surface area contributed by atoms with Crippen molar-refractivity contribution < 1.29 is 9.18 Å². The van der Waals surface area contributed by atoms with Gasteiger partial charge in [0, 0.05) is 27.2 Å². The minimum atomic E-state index is -0.283. The summed E-state index contributed by atoms with van der Waals surface area (Å²) in [7, 11) is 0. The summed E-state index contributed by atoms with van der Waals surface area (Å²) in [5, 5.41) is 6.81. The normalized spacial score (nSPS) is 16.0. The molecule has 1 aliphatic rings. The van der Waals surface area contributed by atoms with Crippen molar-refractivity contribution in [1.82, 2.24) is 9.88 Å². The van der Waals surface area contributed by atoms with Gasteiger partial charge in [-0.1, -0.05) is 18.2 Å². The topological polar surface area (TPSA) is 33.2 Å². The lowest BCUT2D eigenvalue weighted by Crippen LogP contribution is -2.40. The van der Waals surface area contributed by atoms with Crippen LogP contribution in [-0.4, -0.2) is 22.3 Å². The first-order chi connectivity index (χ1) is 14.2. The summed E-state index contributed by atoms with van der Waals surface area (Å²) in [4.78, 5) is 22.4. The monoisotopic (exact) mass is 440 g/mol. The highest BCUT2D eigenvalue weighted by Crippen LogP contribution is 2.39. The van der Waals surface area contributed by atoms with Crippen LogP contribution in [0.5, 0.6) is 0 Å². The number of benzene rings is 1. The van der Waals surface area contributed by atoms with E-state index in [9.17, 15) is 9.18 Å². The summed E-state index contributed by atoms with van der Waals surface area (Å²) < 4.78 is 13.5. The van der Waals surface area contributed by atoms with Crippen molar-refractivity contribution in [3.8, 4) is 10.6 Å². The molecule has 3 nitrogen and oxygen atoms in total. The van der Waals surface area contributed by atoms with Gasteiger partial charge in [-0.3, -0.25) is 4.79 Å². The molecule has 0 aliphatic carbocycles. The van der Waals surface area contributed by atoms with Crippen molar-refractivity contribution in [2.45, 2.75) is 18.9 Å². The molecule has 1 aromatic carbocycles. The average Bonchev–Trinajstić information content (AvgIpc) is 3.48. The zero-order valence-electron chi connectivity index (χ0n) is 15.4. The van der Waals surface area contributed by atoms with Gasteiger partial charge in [-0.15, -0.1) is 34.0 Å². The van der Waals surface area contributed by atoms with Crippen LogP contribution in [0.2, 0.25) is 0 Å². The van der Waals surface area contributed by atoms with E-state index in [1.807, 2.05) is 22.4 Å². The van der Waals surface area contributed by atoms with Crippen LogP contribution < -0.4 is 0 Å². The van der Waals surface area contributed by atoms with Gasteiger partial charge in [0.1, 0.15) is 10.8 Å². The Balaban J connectivity index is 1.39. The van der Waals surface area contributed by atoms with Gasteiger partial charge in [0.15, 0.2) is 0 Å². The Morgan fingerprint density at radius 2 is 2.07 bits per heavy atom. The van der Waals surface area contributed by atoms with Crippen molar-refractivity contribution in [3.05, 3.63) is 85.4 Å². The Kier molecular flexibility index (Phi) is 5.03. The summed E-state index contributed by atoms with van der Waals surface area (Å²) in [5.41, 5.74) is 2.72. The molecule has 7 heteroatoms. The number of halogens is 1. The molecule has 3 aromatic heterocycles. The summed E-state index contributed by atoms with van der Waals surface area (Å²) in [6.45, 7) is 0.718. The Bertz CT molecular complexity index is 1150. The number of carbonyl (C=O) groups excluding carboxylic acids is 1. The van der Waals surface area contributed by atoms with E-state index in [0.29, 0.717) is 0 Å². The molecule has 0 saturated heterocycles. The molecule has 0 saturated carbocycles. The van der Waals surface area contributed by atoms with E-state index in [2.05, 4.69) is 27.9 Å². The molecule has 5 rings (SSSR count). The fourth-order valence-electron chi connectivity index (χ4n) is 3.74. The van der Waals surface area contributed by atoms with Crippen LogP contribution in [0.4, 0.5) is 4.39 Å². The van der Waals surface area contributed by atoms with E-state index in [0.717, 1.165) is 29.2 Å². The molecule has 146 valence electrons. The number of carbonyl (C=O) groups is 1. The number of rotatable bonds is 4. The minimum Gasteiger partial charge on any atom is -0.330 e. The Labute approximate surface area is 180 Å². The average molecular weight is 441 g/mol. The number of hydrogen-bond acceptors (Lipinski definition) is 5. The minimum absolute atomic E-state index is 0.0150. The van der Waals surface area contributed by atoms with Crippen LogP contribution in [0.3, 0.4) is 0 Å². The first kappa shape index (κ1) is 18.7. The van der Waals surface area contributed by atoms with Crippen molar-refractivity contribution >= 4 is 39.9 Å². The Morgan fingerprint density at radius 3 is 2.90 bits per heavy atom. The second kappa shape index (κ2) is 7.82. The standard InChI is InChI=1S/C22H17FN2OS3/c23-15-4-1-3-14(11-15)22-24-16(13-29-22)12-20(26)25-8-6-18-17(7-10-28-18)21(25)19-5-2-9-27-19/h1-5,7,9-11,13,21H,6,8,12H2. The van der Waals surface area contributed by atoms with Gasteiger partial charge in [-0.2, -0.15) is 0 Å². The molecule has 4 aromatic rings. The molecular formula is C22H17FN2OS3. The second-order valence-corrected chi connectivity index (χ2v) is 9.72. The number of fused-ring (bicyclic) bond motifs is 1. The van der Waals surface area contributed by atoms with Gasteiger partial charge < -0.3 is 4.90 Å². The lowest BCUT2D eigenvalue weighted by Gasteiger charge is -2.35. The number of thiazole rings is 1. The smallest absolute Gasteiger partial charge is 0.229 e. The molecule has 29 heavy (non-hydrogen) atoms. The number of thiophene rings is 2. The van der Waals surface area contributed by atoms with E-state index >= 15 is 0 Å². The number of aromatic nitrogens is 1. The predicted molar refractivity (Wildman–Crippen MR) is 117 cm³/mol. The van der Waals surface area contributed by atoms with Gasteiger partial charge in [-0.25, -0.2) is 9.37 Å². The summed E-state index contributed by atoms with van der Waals surface area (Å²) in [5.74, 6) is -0.203. The first-order valence-corrected chi connectivity index (χ1v) is 11.9. The highest BCUT2D eigenvalue weighted by atomic mass is 32.1. The maximum absolute atomic E-state index is 13.5. The van der Waals surface area contributed by atoms with Crippen molar-refractivity contribution in [2.75, 3.05) is 6.54 Å². The van der Waals surface area contributed by atoms with E-state index in [-0.39, 0.29) is 24.2 Å². The summed E-state index contributed by atoms with van der Waals surface area (Å²) in [6.07, 6.45) is 1.15. The molecule has 0 bridgehead atoms. The Hall–Kier alpha value is -2.35. The third-order valence-corrected chi connectivity index (χ3v) is 7.92. The SMILES string of the molecule is O=C(Cc1csc(-c2cccc(F)c2)n1)N1CCc2sccc2C1c1cccs1. The maximum Gasteiger partial charge on any atom is 0.229 e. The van der Waals surface area contributed by atoms with E-state index in [4.69, 9.17) is 0 Å². The van der Waals surface area contributed by atoms with E-state index < -0.39 is 0 Å². The maximum atomic E-state index is 13.5. The molecule has 1 unspecified atom stereocenters. The molecule has 1 atom stereocenters. The van der Waals surface area contributed by atoms with E-state index in [1.165, 1.54) is 38.8 Å². The third-order valence-electron chi connectivity index (χ3n) is 5.05. The molecular weight excluding hydrogens is 423 g/mol. The van der Waals surface area contributed by atoms with Gasteiger partial charge >= 0.3 is 0 Å². The van der Waals surface area contributed by atoms with Crippen LogP contribution in [0.25, 0.3) is 10.6 Å². The molecule has 0 spiro atoms. The molecule has 0 radical (unpaired) electrons. The van der Waals surface area contributed by atoms with Crippen LogP contribution in [0.1, 0.15) is 27.1 Å². The molecule has 1 amide bonds. The zero-order chi connectivity index (χ0) is 19.8. The van der Waals surface area contributed by atoms with Crippen LogP contribution in [0, 0.1) is 5.82 Å².